The van der Waals surface area contributed by atoms with E-state index in [2.05, 4.69) is 4.74 Å². The molecule has 0 aliphatic carbocycles. The summed E-state index contributed by atoms with van der Waals surface area (Å²) in [4.78, 5) is 1.45. The van der Waals surface area contributed by atoms with E-state index in [0.29, 0.717) is 0 Å². The average Bonchev–Trinajstić information content (AvgIpc) is 2.77. The highest BCUT2D eigenvalue weighted by Crippen LogP contribution is 2.40. The fourth-order valence-electron chi connectivity index (χ4n) is 2.40. The highest BCUT2D eigenvalue weighted by molar-refractivity contribution is 5.19. The molecule has 1 aliphatic rings. The first-order valence-corrected chi connectivity index (χ1v) is 6.05. The van der Waals surface area contributed by atoms with Crippen LogP contribution in [0.1, 0.15) is 12.0 Å². The van der Waals surface area contributed by atoms with E-state index in [4.69, 9.17) is 0 Å². The Morgan fingerprint density at radius 3 is 2.50 bits per heavy atom. The van der Waals surface area contributed by atoms with Crippen LogP contribution in [0, 0.1) is 11.6 Å². The Morgan fingerprint density at radius 2 is 2.00 bits per heavy atom. The van der Waals surface area contributed by atoms with Crippen LogP contribution < -0.4 is 0 Å². The summed E-state index contributed by atoms with van der Waals surface area (Å²) in [5.74, 6) is -1.47. The lowest BCUT2D eigenvalue weighted by Crippen LogP contribution is -2.49. The lowest BCUT2D eigenvalue weighted by atomic mass is 10.0. The summed E-state index contributed by atoms with van der Waals surface area (Å²) in [6, 6.07) is 3.05. The third kappa shape index (κ3) is 2.78. The van der Waals surface area contributed by atoms with Gasteiger partial charge in [-0.1, -0.05) is 6.07 Å². The van der Waals surface area contributed by atoms with Gasteiger partial charge < -0.3 is 4.74 Å². The van der Waals surface area contributed by atoms with Gasteiger partial charge in [0, 0.05) is 38.4 Å². The van der Waals surface area contributed by atoms with Crippen LogP contribution >= 0.6 is 0 Å². The van der Waals surface area contributed by atoms with Crippen LogP contribution in [0.4, 0.5) is 22.0 Å². The molecule has 7 heteroatoms. The molecule has 1 fully saturated rings. The summed E-state index contributed by atoms with van der Waals surface area (Å²) >= 11 is 0. The molecule has 1 aromatic rings. The number of hydrogen-bond donors (Lipinski definition) is 0. The van der Waals surface area contributed by atoms with Gasteiger partial charge in [-0.15, -0.1) is 0 Å². The summed E-state index contributed by atoms with van der Waals surface area (Å²) in [5.41, 5.74) is -2.04. The van der Waals surface area contributed by atoms with Crippen molar-refractivity contribution in [1.29, 1.82) is 0 Å². The van der Waals surface area contributed by atoms with Crippen molar-refractivity contribution >= 4 is 0 Å². The van der Waals surface area contributed by atoms with E-state index >= 15 is 0 Å². The first kappa shape index (κ1) is 15.2. The maximum Gasteiger partial charge on any atom is 0.418 e. The van der Waals surface area contributed by atoms with Crippen molar-refractivity contribution < 1.29 is 26.7 Å². The average molecular weight is 295 g/mol. The van der Waals surface area contributed by atoms with Gasteiger partial charge >= 0.3 is 6.18 Å². The number of benzene rings is 1. The summed E-state index contributed by atoms with van der Waals surface area (Å²) in [6.45, 7) is -0.221. The Labute approximate surface area is 113 Å². The van der Waals surface area contributed by atoms with Crippen LogP contribution in [-0.2, 0) is 11.3 Å². The largest absolute Gasteiger partial charge is 0.418 e. The topological polar surface area (TPSA) is 12.5 Å². The van der Waals surface area contributed by atoms with Gasteiger partial charge in [0.25, 0.3) is 0 Å². The molecule has 0 N–H and O–H groups in total. The van der Waals surface area contributed by atoms with Crippen molar-refractivity contribution in [2.75, 3.05) is 20.2 Å². The van der Waals surface area contributed by atoms with Gasteiger partial charge in [-0.05, 0) is 12.5 Å². The highest BCUT2D eigenvalue weighted by Gasteiger charge is 2.58. The van der Waals surface area contributed by atoms with E-state index < -0.39 is 23.4 Å². The van der Waals surface area contributed by atoms with Crippen molar-refractivity contribution in [3.8, 4) is 0 Å². The first-order valence-electron chi connectivity index (χ1n) is 6.05. The number of rotatable bonds is 3. The van der Waals surface area contributed by atoms with Crippen molar-refractivity contribution in [3.63, 3.8) is 0 Å². The fraction of sp³-hybridized carbons (Fsp3) is 0.538. The van der Waals surface area contributed by atoms with Crippen molar-refractivity contribution in [3.05, 3.63) is 35.4 Å². The first-order chi connectivity index (χ1) is 9.27. The number of hydrogen-bond acceptors (Lipinski definition) is 2. The standard InChI is InChI=1S/C13H14F5NO/c1-20-12(13(16,17)18)4-5-19(8-12)7-9-2-3-10(14)6-11(9)15/h2-3,6H,4-5,7-8H2,1H3. The van der Waals surface area contributed by atoms with Crippen molar-refractivity contribution in [2.24, 2.45) is 0 Å². The summed E-state index contributed by atoms with van der Waals surface area (Å²) in [7, 11) is 1.02. The summed E-state index contributed by atoms with van der Waals surface area (Å²) in [5, 5.41) is 0. The third-order valence-corrected chi connectivity index (χ3v) is 3.63. The predicted molar refractivity (Wildman–Crippen MR) is 62.0 cm³/mol. The van der Waals surface area contributed by atoms with E-state index in [0.717, 1.165) is 19.2 Å². The second-order valence-corrected chi connectivity index (χ2v) is 4.89. The zero-order valence-corrected chi connectivity index (χ0v) is 10.8. The van der Waals surface area contributed by atoms with Crippen LogP contribution in [0.5, 0.6) is 0 Å². The molecule has 0 bridgehead atoms. The van der Waals surface area contributed by atoms with E-state index in [9.17, 15) is 22.0 Å². The van der Waals surface area contributed by atoms with E-state index in [1.54, 1.807) is 0 Å². The Morgan fingerprint density at radius 1 is 1.30 bits per heavy atom. The van der Waals surface area contributed by atoms with Crippen LogP contribution in [0.15, 0.2) is 18.2 Å². The summed E-state index contributed by atoms with van der Waals surface area (Å²) in [6.07, 6.45) is -4.67. The molecule has 2 nitrogen and oxygen atoms in total. The predicted octanol–water partition coefficient (Wildman–Crippen LogP) is 3.12. The molecule has 2 rings (SSSR count). The van der Waals surface area contributed by atoms with Crippen LogP contribution in [-0.4, -0.2) is 36.9 Å². The Kier molecular flexibility index (Phi) is 4.02. The lowest BCUT2D eigenvalue weighted by molar-refractivity contribution is -0.264. The van der Waals surface area contributed by atoms with Crippen LogP contribution in [0.25, 0.3) is 0 Å². The number of ether oxygens (including phenoxy) is 1. The fourth-order valence-corrected chi connectivity index (χ4v) is 2.40. The molecule has 0 amide bonds. The molecule has 1 unspecified atom stereocenters. The Balaban J connectivity index is 2.10. The number of nitrogens with zero attached hydrogens (tertiary/aromatic N) is 1. The van der Waals surface area contributed by atoms with Crippen LogP contribution in [0.2, 0.25) is 0 Å². The maximum atomic E-state index is 13.5. The third-order valence-electron chi connectivity index (χ3n) is 3.63. The molecule has 1 atom stereocenters. The maximum absolute atomic E-state index is 13.5. The van der Waals surface area contributed by atoms with E-state index in [-0.39, 0.29) is 31.6 Å². The second-order valence-electron chi connectivity index (χ2n) is 4.89. The number of methoxy groups -OCH3 is 1. The molecule has 0 radical (unpaired) electrons. The Bertz CT molecular complexity index is 490. The smallest absolute Gasteiger partial charge is 0.367 e. The van der Waals surface area contributed by atoms with Gasteiger partial charge in [0.05, 0.1) is 0 Å². The molecule has 0 aromatic heterocycles. The minimum absolute atomic E-state index is 0.00664. The second kappa shape index (κ2) is 5.29. The van der Waals surface area contributed by atoms with Crippen molar-refractivity contribution in [1.82, 2.24) is 4.90 Å². The Hall–Kier alpha value is -1.21. The van der Waals surface area contributed by atoms with Gasteiger partial charge in [-0.25, -0.2) is 8.78 Å². The molecule has 0 spiro atoms. The lowest BCUT2D eigenvalue weighted by Gasteiger charge is -2.30. The van der Waals surface area contributed by atoms with Gasteiger partial charge in [0.2, 0.25) is 0 Å². The van der Waals surface area contributed by atoms with Gasteiger partial charge in [0.1, 0.15) is 11.6 Å². The normalized spacial score (nSPS) is 24.3. The molecule has 1 heterocycles. The minimum atomic E-state index is -4.47. The molecule has 112 valence electrons. The molecule has 1 aliphatic heterocycles. The monoisotopic (exact) mass is 295 g/mol. The number of halogens is 5. The molecule has 1 aromatic carbocycles. The molecular weight excluding hydrogens is 281 g/mol. The SMILES string of the molecule is COC1(C(F)(F)F)CCN(Cc2ccc(F)cc2F)C1. The highest BCUT2D eigenvalue weighted by atomic mass is 19.4. The summed E-state index contributed by atoms with van der Waals surface area (Å²) < 4.78 is 69.9. The van der Waals surface area contributed by atoms with Crippen molar-refractivity contribution in [2.45, 2.75) is 24.7 Å². The number of alkyl halides is 3. The zero-order valence-electron chi connectivity index (χ0n) is 10.8. The van der Waals surface area contributed by atoms with E-state index in [1.165, 1.54) is 11.0 Å². The molecular formula is C13H14F5NO. The van der Waals surface area contributed by atoms with Gasteiger partial charge in [0.15, 0.2) is 5.60 Å². The van der Waals surface area contributed by atoms with Gasteiger partial charge in [-0.2, -0.15) is 13.2 Å². The van der Waals surface area contributed by atoms with Gasteiger partial charge in [-0.3, -0.25) is 4.90 Å². The molecule has 0 saturated carbocycles. The van der Waals surface area contributed by atoms with E-state index in [1.807, 2.05) is 0 Å². The number of likely N-dealkylation sites (tertiary alicyclic amines) is 1. The quantitative estimate of drug-likeness (QED) is 0.794. The minimum Gasteiger partial charge on any atom is -0.367 e. The zero-order chi connectivity index (χ0) is 15.0. The van der Waals surface area contributed by atoms with Crippen LogP contribution in [0.3, 0.4) is 0 Å². The molecule has 1 saturated heterocycles. The molecule has 20 heavy (non-hydrogen) atoms.